The molecule has 2 N–H and O–H groups in total. The van der Waals surface area contributed by atoms with Crippen LogP contribution < -0.4 is 5.73 Å². The van der Waals surface area contributed by atoms with Gasteiger partial charge in [-0.2, -0.15) is 0 Å². The Morgan fingerprint density at radius 3 is 2.83 bits per heavy atom. The zero-order valence-corrected chi connectivity index (χ0v) is 8.03. The molecule has 0 aliphatic carbocycles. The molecule has 0 unspecified atom stereocenters. The smallest absolute Gasteiger partial charge is 0.0376 e. The maximum atomic E-state index is 5.85. The highest BCUT2D eigenvalue weighted by Crippen LogP contribution is 2.30. The number of anilines is 1. The second-order valence-electron chi connectivity index (χ2n) is 3.07. The Hall–Kier alpha value is -1.02. The maximum absolute atomic E-state index is 5.85. The van der Waals surface area contributed by atoms with Crippen LogP contribution in [0.25, 0.3) is 10.1 Å². The lowest BCUT2D eigenvalue weighted by Gasteiger charge is -2.03. The van der Waals surface area contributed by atoms with Gasteiger partial charge < -0.3 is 5.73 Å². The molecule has 0 saturated carbocycles. The zero-order valence-electron chi connectivity index (χ0n) is 7.22. The molecule has 0 amide bonds. The van der Waals surface area contributed by atoms with Gasteiger partial charge in [0.2, 0.25) is 0 Å². The highest BCUT2D eigenvalue weighted by atomic mass is 32.1. The van der Waals surface area contributed by atoms with Crippen LogP contribution in [0.2, 0.25) is 0 Å². The van der Waals surface area contributed by atoms with Crippen molar-refractivity contribution in [3.05, 3.63) is 28.6 Å². The predicted molar refractivity (Wildman–Crippen MR) is 55.7 cm³/mol. The molecule has 12 heavy (non-hydrogen) atoms. The van der Waals surface area contributed by atoms with Crippen LogP contribution in [0.5, 0.6) is 0 Å². The van der Waals surface area contributed by atoms with Crippen molar-refractivity contribution < 1.29 is 0 Å². The van der Waals surface area contributed by atoms with Crippen molar-refractivity contribution in [2.24, 2.45) is 0 Å². The van der Waals surface area contributed by atoms with Crippen LogP contribution in [0.3, 0.4) is 0 Å². The fraction of sp³-hybridized carbons (Fsp3) is 0.200. The topological polar surface area (TPSA) is 26.0 Å². The summed E-state index contributed by atoms with van der Waals surface area (Å²) in [7, 11) is 0. The fourth-order valence-electron chi connectivity index (χ4n) is 1.47. The van der Waals surface area contributed by atoms with E-state index in [9.17, 15) is 0 Å². The number of aryl methyl sites for hydroxylation is 2. The highest BCUT2D eigenvalue weighted by Gasteiger charge is 2.04. The van der Waals surface area contributed by atoms with Crippen LogP contribution in [0, 0.1) is 13.8 Å². The minimum atomic E-state index is 0.901. The van der Waals surface area contributed by atoms with Gasteiger partial charge in [-0.25, -0.2) is 0 Å². The van der Waals surface area contributed by atoms with Crippen molar-refractivity contribution in [3.8, 4) is 0 Å². The van der Waals surface area contributed by atoms with Gasteiger partial charge in [0.15, 0.2) is 0 Å². The van der Waals surface area contributed by atoms with Crippen LogP contribution in [0.4, 0.5) is 5.69 Å². The Morgan fingerprint density at radius 1 is 1.33 bits per heavy atom. The molecule has 1 aromatic carbocycles. The van der Waals surface area contributed by atoms with Crippen LogP contribution in [0.15, 0.2) is 17.5 Å². The standard InChI is InChI=1S/C10H11NS/c1-6-5-9(11)7(2)8-3-4-12-10(6)8/h3-5H,11H2,1-2H3. The number of hydrogen-bond acceptors (Lipinski definition) is 2. The number of hydrogen-bond donors (Lipinski definition) is 1. The van der Waals surface area contributed by atoms with Gasteiger partial charge >= 0.3 is 0 Å². The van der Waals surface area contributed by atoms with Gasteiger partial charge in [-0.3, -0.25) is 0 Å². The zero-order chi connectivity index (χ0) is 8.72. The van der Waals surface area contributed by atoms with E-state index in [1.54, 1.807) is 11.3 Å². The minimum absolute atomic E-state index is 0.901. The number of thiophene rings is 1. The molecule has 0 saturated heterocycles. The Balaban J connectivity index is 2.97. The summed E-state index contributed by atoms with van der Waals surface area (Å²) in [6, 6.07) is 4.19. The molecule has 62 valence electrons. The van der Waals surface area contributed by atoms with E-state index in [4.69, 9.17) is 5.73 Å². The first-order valence-electron chi connectivity index (χ1n) is 3.93. The third-order valence-electron chi connectivity index (χ3n) is 2.23. The van der Waals surface area contributed by atoms with Crippen molar-refractivity contribution in [1.29, 1.82) is 0 Å². The number of rotatable bonds is 0. The summed E-state index contributed by atoms with van der Waals surface area (Å²) in [5.41, 5.74) is 9.24. The second-order valence-corrected chi connectivity index (χ2v) is 3.99. The molecule has 0 fully saturated rings. The van der Waals surface area contributed by atoms with Gasteiger partial charge in [-0.1, -0.05) is 0 Å². The second kappa shape index (κ2) is 2.49. The average molecular weight is 177 g/mol. The molecular weight excluding hydrogens is 166 g/mol. The normalized spacial score (nSPS) is 10.8. The quantitative estimate of drug-likeness (QED) is 0.615. The minimum Gasteiger partial charge on any atom is -0.398 e. The third-order valence-corrected chi connectivity index (χ3v) is 3.28. The van der Waals surface area contributed by atoms with Crippen molar-refractivity contribution in [2.75, 3.05) is 5.73 Å². The molecule has 0 spiro atoms. The molecular formula is C10H11NS. The van der Waals surface area contributed by atoms with Crippen molar-refractivity contribution in [3.63, 3.8) is 0 Å². The Labute approximate surface area is 75.8 Å². The molecule has 0 radical (unpaired) electrons. The summed E-state index contributed by atoms with van der Waals surface area (Å²) in [6.07, 6.45) is 0. The predicted octanol–water partition coefficient (Wildman–Crippen LogP) is 3.10. The van der Waals surface area contributed by atoms with Gasteiger partial charge in [0.05, 0.1) is 0 Å². The van der Waals surface area contributed by atoms with E-state index in [1.165, 1.54) is 21.2 Å². The summed E-state index contributed by atoms with van der Waals surface area (Å²) in [5, 5.41) is 3.42. The monoisotopic (exact) mass is 177 g/mol. The summed E-state index contributed by atoms with van der Waals surface area (Å²) >= 11 is 1.78. The van der Waals surface area contributed by atoms with Crippen molar-refractivity contribution in [2.45, 2.75) is 13.8 Å². The summed E-state index contributed by atoms with van der Waals surface area (Å²) in [5.74, 6) is 0. The lowest BCUT2D eigenvalue weighted by Crippen LogP contribution is -1.90. The molecule has 2 rings (SSSR count). The number of nitrogen functional groups attached to an aromatic ring is 1. The van der Waals surface area contributed by atoms with Gasteiger partial charge in [0, 0.05) is 10.4 Å². The van der Waals surface area contributed by atoms with Gasteiger partial charge in [0.25, 0.3) is 0 Å². The first-order chi connectivity index (χ1) is 5.70. The Bertz CT molecular complexity index is 429. The van der Waals surface area contributed by atoms with E-state index < -0.39 is 0 Å². The Kier molecular flexibility index (Phi) is 1.58. The summed E-state index contributed by atoms with van der Waals surface area (Å²) in [4.78, 5) is 0. The van der Waals surface area contributed by atoms with Gasteiger partial charge in [-0.05, 0) is 47.9 Å². The molecule has 2 aromatic rings. The van der Waals surface area contributed by atoms with Crippen LogP contribution >= 0.6 is 11.3 Å². The number of nitrogens with two attached hydrogens (primary N) is 1. The lowest BCUT2D eigenvalue weighted by molar-refractivity contribution is 1.48. The van der Waals surface area contributed by atoms with Gasteiger partial charge in [-0.15, -0.1) is 11.3 Å². The first kappa shape index (κ1) is 7.62. The fourth-order valence-corrected chi connectivity index (χ4v) is 2.41. The molecule has 0 bridgehead atoms. The molecule has 0 aliphatic rings. The molecule has 1 heterocycles. The molecule has 0 aliphatic heterocycles. The first-order valence-corrected chi connectivity index (χ1v) is 4.81. The van der Waals surface area contributed by atoms with Crippen LogP contribution in [0.1, 0.15) is 11.1 Å². The maximum Gasteiger partial charge on any atom is 0.0376 e. The largest absolute Gasteiger partial charge is 0.398 e. The van der Waals surface area contributed by atoms with Crippen LogP contribution in [-0.4, -0.2) is 0 Å². The molecule has 2 heteroatoms. The highest BCUT2D eigenvalue weighted by molar-refractivity contribution is 7.17. The summed E-state index contributed by atoms with van der Waals surface area (Å²) < 4.78 is 1.36. The van der Waals surface area contributed by atoms with Gasteiger partial charge in [0.1, 0.15) is 0 Å². The number of benzene rings is 1. The molecule has 1 aromatic heterocycles. The van der Waals surface area contributed by atoms with Crippen molar-refractivity contribution in [1.82, 2.24) is 0 Å². The number of fused-ring (bicyclic) bond motifs is 1. The average Bonchev–Trinajstić information content (AvgIpc) is 2.48. The van der Waals surface area contributed by atoms with E-state index in [0.29, 0.717) is 0 Å². The third kappa shape index (κ3) is 0.916. The molecule has 0 atom stereocenters. The van der Waals surface area contributed by atoms with E-state index >= 15 is 0 Å². The van der Waals surface area contributed by atoms with E-state index in [1.807, 2.05) is 6.07 Å². The van der Waals surface area contributed by atoms with Crippen LogP contribution in [-0.2, 0) is 0 Å². The van der Waals surface area contributed by atoms with E-state index in [2.05, 4.69) is 25.3 Å². The molecule has 1 nitrogen and oxygen atoms in total. The van der Waals surface area contributed by atoms with E-state index in [-0.39, 0.29) is 0 Å². The summed E-state index contributed by atoms with van der Waals surface area (Å²) in [6.45, 7) is 4.18. The van der Waals surface area contributed by atoms with Crippen molar-refractivity contribution >= 4 is 27.1 Å². The SMILES string of the molecule is Cc1c(N)cc(C)c2sccc12. The Morgan fingerprint density at radius 2 is 2.08 bits per heavy atom. The lowest BCUT2D eigenvalue weighted by atomic mass is 10.1. The van der Waals surface area contributed by atoms with E-state index in [0.717, 1.165) is 5.69 Å².